The summed E-state index contributed by atoms with van der Waals surface area (Å²) < 4.78 is 6.63. The van der Waals surface area contributed by atoms with E-state index < -0.39 is 0 Å². The summed E-state index contributed by atoms with van der Waals surface area (Å²) in [6.07, 6.45) is 0.991. The van der Waals surface area contributed by atoms with Gasteiger partial charge in [-0.3, -0.25) is 9.36 Å². The molecule has 0 unspecified atom stereocenters. The third-order valence-corrected chi connectivity index (χ3v) is 4.12. The van der Waals surface area contributed by atoms with Crippen molar-refractivity contribution in [1.29, 1.82) is 0 Å². The lowest BCUT2D eigenvalue weighted by atomic mass is 10.1. The zero-order chi connectivity index (χ0) is 17.1. The maximum Gasteiger partial charge on any atom is 0.419 e. The molecule has 1 aromatic heterocycles. The molecule has 0 aliphatic carbocycles. The molecule has 1 heterocycles. The van der Waals surface area contributed by atoms with E-state index in [1.807, 2.05) is 30.3 Å². The monoisotopic (exact) mass is 344 g/mol. The van der Waals surface area contributed by atoms with Gasteiger partial charge in [0.2, 0.25) is 5.91 Å². The molecule has 3 aromatic rings. The van der Waals surface area contributed by atoms with Crippen LogP contribution in [-0.4, -0.2) is 17.0 Å². The fourth-order valence-corrected chi connectivity index (χ4v) is 2.66. The highest BCUT2D eigenvalue weighted by Gasteiger charge is 2.07. The molecular weight excluding hydrogens is 328 g/mol. The minimum absolute atomic E-state index is 0.0374. The average molecular weight is 345 g/mol. The SMILES string of the molecule is Cn1c(=O)oc2cc(CCNC(=O)Cc3ccc(Cl)cc3)ccc21. The van der Waals surface area contributed by atoms with Gasteiger partial charge < -0.3 is 9.73 Å². The van der Waals surface area contributed by atoms with Gasteiger partial charge in [0.15, 0.2) is 5.58 Å². The van der Waals surface area contributed by atoms with Crippen molar-refractivity contribution >= 4 is 28.6 Å². The first-order valence-electron chi connectivity index (χ1n) is 7.62. The molecule has 1 N–H and O–H groups in total. The van der Waals surface area contributed by atoms with E-state index >= 15 is 0 Å². The highest BCUT2D eigenvalue weighted by molar-refractivity contribution is 6.30. The third-order valence-electron chi connectivity index (χ3n) is 3.87. The van der Waals surface area contributed by atoms with Crippen molar-refractivity contribution in [3.8, 4) is 0 Å². The number of nitrogens with zero attached hydrogens (tertiary/aromatic N) is 1. The van der Waals surface area contributed by atoms with E-state index in [9.17, 15) is 9.59 Å². The van der Waals surface area contributed by atoms with Crippen LogP contribution in [0.5, 0.6) is 0 Å². The minimum atomic E-state index is -0.376. The Hall–Kier alpha value is -2.53. The van der Waals surface area contributed by atoms with Crippen LogP contribution in [0.25, 0.3) is 11.1 Å². The van der Waals surface area contributed by atoms with Gasteiger partial charge in [-0.2, -0.15) is 0 Å². The largest absolute Gasteiger partial charge is 0.419 e. The fraction of sp³-hybridized carbons (Fsp3) is 0.222. The van der Waals surface area contributed by atoms with E-state index in [0.717, 1.165) is 16.6 Å². The third kappa shape index (κ3) is 3.68. The summed E-state index contributed by atoms with van der Waals surface area (Å²) in [5.74, 6) is -0.414. The van der Waals surface area contributed by atoms with E-state index in [-0.39, 0.29) is 11.7 Å². The van der Waals surface area contributed by atoms with Crippen molar-refractivity contribution in [2.75, 3.05) is 6.54 Å². The molecule has 0 saturated carbocycles. The second-order valence-electron chi connectivity index (χ2n) is 5.63. The summed E-state index contributed by atoms with van der Waals surface area (Å²) in [4.78, 5) is 23.4. The zero-order valence-corrected chi connectivity index (χ0v) is 14.0. The summed E-state index contributed by atoms with van der Waals surface area (Å²) in [7, 11) is 1.67. The molecule has 0 aliphatic rings. The molecule has 0 fully saturated rings. The van der Waals surface area contributed by atoms with Gasteiger partial charge in [0.05, 0.1) is 11.9 Å². The molecule has 124 valence electrons. The Bertz CT molecular complexity index is 926. The number of hydrogen-bond acceptors (Lipinski definition) is 3. The number of nitrogens with one attached hydrogen (secondary N) is 1. The molecule has 6 heteroatoms. The lowest BCUT2D eigenvalue weighted by molar-refractivity contribution is -0.120. The molecule has 0 saturated heterocycles. The molecule has 5 nitrogen and oxygen atoms in total. The van der Waals surface area contributed by atoms with Gasteiger partial charge in [0, 0.05) is 18.6 Å². The Kier molecular flexibility index (Phi) is 4.71. The van der Waals surface area contributed by atoms with Crippen LogP contribution in [0, 0.1) is 0 Å². The van der Waals surface area contributed by atoms with E-state index in [2.05, 4.69) is 5.32 Å². The Morgan fingerprint density at radius 2 is 1.88 bits per heavy atom. The van der Waals surface area contributed by atoms with Gasteiger partial charge >= 0.3 is 5.76 Å². The molecule has 1 amide bonds. The molecule has 0 aliphatic heterocycles. The molecule has 0 atom stereocenters. The molecular formula is C18H17ClN2O3. The predicted octanol–water partition coefficient (Wildman–Crippen LogP) is 2.69. The van der Waals surface area contributed by atoms with Gasteiger partial charge in [-0.1, -0.05) is 29.8 Å². The lowest BCUT2D eigenvalue weighted by Crippen LogP contribution is -2.27. The molecule has 2 aromatic carbocycles. The van der Waals surface area contributed by atoms with Crippen molar-refractivity contribution < 1.29 is 9.21 Å². The van der Waals surface area contributed by atoms with E-state index in [1.165, 1.54) is 4.57 Å². The molecule has 0 spiro atoms. The van der Waals surface area contributed by atoms with Crippen molar-refractivity contribution in [1.82, 2.24) is 9.88 Å². The van der Waals surface area contributed by atoms with Crippen LogP contribution in [0.2, 0.25) is 5.02 Å². The molecule has 0 radical (unpaired) electrons. The summed E-state index contributed by atoms with van der Waals surface area (Å²) in [5.41, 5.74) is 3.25. The number of fused-ring (bicyclic) bond motifs is 1. The average Bonchev–Trinajstić information content (AvgIpc) is 2.84. The van der Waals surface area contributed by atoms with E-state index in [1.54, 1.807) is 19.2 Å². The maximum absolute atomic E-state index is 11.9. The number of benzene rings is 2. The van der Waals surface area contributed by atoms with E-state index in [4.69, 9.17) is 16.0 Å². The number of aryl methyl sites for hydroxylation is 1. The summed E-state index contributed by atoms with van der Waals surface area (Å²) in [6, 6.07) is 12.8. The first kappa shape index (κ1) is 16.3. The van der Waals surface area contributed by atoms with Gasteiger partial charge in [-0.05, 0) is 41.8 Å². The Balaban J connectivity index is 1.55. The highest BCUT2D eigenvalue weighted by atomic mass is 35.5. The second-order valence-corrected chi connectivity index (χ2v) is 6.07. The molecule has 3 rings (SSSR count). The number of rotatable bonds is 5. The van der Waals surface area contributed by atoms with Crippen LogP contribution in [-0.2, 0) is 24.7 Å². The highest BCUT2D eigenvalue weighted by Crippen LogP contribution is 2.14. The summed E-state index contributed by atoms with van der Waals surface area (Å²) >= 11 is 5.82. The first-order valence-corrected chi connectivity index (χ1v) is 8.00. The van der Waals surface area contributed by atoms with Crippen molar-refractivity contribution in [3.05, 3.63) is 69.2 Å². The lowest BCUT2D eigenvalue weighted by Gasteiger charge is -2.06. The topological polar surface area (TPSA) is 64.2 Å². The van der Waals surface area contributed by atoms with Gasteiger partial charge in [0.1, 0.15) is 0 Å². The maximum atomic E-state index is 11.9. The van der Waals surface area contributed by atoms with Crippen molar-refractivity contribution in [3.63, 3.8) is 0 Å². The van der Waals surface area contributed by atoms with Gasteiger partial charge in [-0.25, -0.2) is 4.79 Å². The summed E-state index contributed by atoms with van der Waals surface area (Å²) in [5, 5.41) is 3.54. The Morgan fingerprint density at radius 3 is 2.62 bits per heavy atom. The first-order chi connectivity index (χ1) is 11.5. The van der Waals surface area contributed by atoms with Crippen LogP contribution in [0.15, 0.2) is 51.7 Å². The summed E-state index contributed by atoms with van der Waals surface area (Å²) in [6.45, 7) is 0.523. The van der Waals surface area contributed by atoms with Gasteiger partial charge in [0.25, 0.3) is 0 Å². The van der Waals surface area contributed by atoms with Crippen molar-refractivity contribution in [2.45, 2.75) is 12.8 Å². The van der Waals surface area contributed by atoms with Crippen LogP contribution < -0.4 is 11.1 Å². The van der Waals surface area contributed by atoms with Crippen LogP contribution in [0.3, 0.4) is 0 Å². The number of oxazole rings is 1. The second kappa shape index (κ2) is 6.93. The zero-order valence-electron chi connectivity index (χ0n) is 13.2. The molecule has 0 bridgehead atoms. The van der Waals surface area contributed by atoms with Crippen LogP contribution >= 0.6 is 11.6 Å². The number of aromatic nitrogens is 1. The number of carbonyl (C=O) groups is 1. The van der Waals surface area contributed by atoms with E-state index in [0.29, 0.717) is 30.0 Å². The predicted molar refractivity (Wildman–Crippen MR) is 93.3 cm³/mol. The Labute approximate surface area is 143 Å². The van der Waals surface area contributed by atoms with Gasteiger partial charge in [-0.15, -0.1) is 0 Å². The number of carbonyl (C=O) groups excluding carboxylic acids is 1. The minimum Gasteiger partial charge on any atom is -0.408 e. The molecule has 24 heavy (non-hydrogen) atoms. The standard InChI is InChI=1S/C18H17ClN2O3/c1-21-15-7-4-13(10-16(15)24-18(21)23)8-9-20-17(22)11-12-2-5-14(19)6-3-12/h2-7,10H,8-9,11H2,1H3,(H,20,22). The van der Waals surface area contributed by atoms with Crippen LogP contribution in [0.1, 0.15) is 11.1 Å². The quantitative estimate of drug-likeness (QED) is 0.774. The smallest absolute Gasteiger partial charge is 0.408 e. The number of amides is 1. The number of halogens is 1. The normalized spacial score (nSPS) is 10.9. The fourth-order valence-electron chi connectivity index (χ4n) is 2.53. The van der Waals surface area contributed by atoms with Crippen LogP contribution in [0.4, 0.5) is 0 Å². The number of hydrogen-bond donors (Lipinski definition) is 1. The van der Waals surface area contributed by atoms with Crippen molar-refractivity contribution in [2.24, 2.45) is 7.05 Å². The Morgan fingerprint density at radius 1 is 1.17 bits per heavy atom.